The largest absolute Gasteiger partial charge is 0.459 e. The third-order valence-electron chi connectivity index (χ3n) is 3.16. The van der Waals surface area contributed by atoms with Crippen molar-refractivity contribution in [2.75, 3.05) is 7.05 Å². The summed E-state index contributed by atoms with van der Waals surface area (Å²) in [6, 6.07) is 8.45. The van der Waals surface area contributed by atoms with E-state index in [0.29, 0.717) is 5.76 Å². The summed E-state index contributed by atoms with van der Waals surface area (Å²) in [5, 5.41) is 14.0. The molecule has 0 aliphatic carbocycles. The average Bonchev–Trinajstić information content (AvgIpc) is 2.89. The van der Waals surface area contributed by atoms with Crippen LogP contribution in [0.25, 0.3) is 11.3 Å². The van der Waals surface area contributed by atoms with Crippen LogP contribution in [-0.2, 0) is 0 Å². The normalized spacial score (nSPS) is 12.3. The van der Waals surface area contributed by atoms with Crippen molar-refractivity contribution in [3.63, 3.8) is 0 Å². The fourth-order valence-corrected chi connectivity index (χ4v) is 2.30. The Bertz CT molecular complexity index is 621. The molecule has 0 spiro atoms. The third-order valence-corrected chi connectivity index (χ3v) is 3.46. The number of nitrogens with one attached hydrogen (secondary N) is 1. The second kappa shape index (κ2) is 6.07. The molecule has 0 saturated carbocycles. The Hall–Kier alpha value is -1.85. The van der Waals surface area contributed by atoms with Crippen molar-refractivity contribution in [3.05, 3.63) is 51.2 Å². The lowest BCUT2D eigenvalue weighted by molar-refractivity contribution is -0.384. The summed E-state index contributed by atoms with van der Waals surface area (Å²) in [5.41, 5.74) is 0.613. The maximum absolute atomic E-state index is 10.7. The minimum atomic E-state index is -0.506. The molecule has 20 heavy (non-hydrogen) atoms. The van der Waals surface area contributed by atoms with Gasteiger partial charge in [-0.15, -0.1) is 0 Å². The Balaban J connectivity index is 2.33. The van der Waals surface area contributed by atoms with Gasteiger partial charge in [-0.3, -0.25) is 10.1 Å². The van der Waals surface area contributed by atoms with E-state index in [1.54, 1.807) is 12.1 Å². The van der Waals surface area contributed by atoms with Crippen molar-refractivity contribution in [2.24, 2.45) is 0 Å². The van der Waals surface area contributed by atoms with Crippen LogP contribution in [-0.4, -0.2) is 12.0 Å². The summed E-state index contributed by atoms with van der Waals surface area (Å²) in [7, 11) is 1.87. The Labute approximate surface area is 121 Å². The molecule has 0 radical (unpaired) electrons. The molecule has 1 aromatic heterocycles. The van der Waals surface area contributed by atoms with Crippen LogP contribution < -0.4 is 5.32 Å². The van der Waals surface area contributed by atoms with Crippen LogP contribution >= 0.6 is 11.6 Å². The van der Waals surface area contributed by atoms with Crippen molar-refractivity contribution in [3.8, 4) is 11.3 Å². The van der Waals surface area contributed by atoms with E-state index in [1.807, 2.05) is 19.2 Å². The highest BCUT2D eigenvalue weighted by Crippen LogP contribution is 2.32. The van der Waals surface area contributed by atoms with Crippen molar-refractivity contribution >= 4 is 17.3 Å². The van der Waals surface area contributed by atoms with Crippen LogP contribution in [0.5, 0.6) is 0 Å². The molecule has 0 aliphatic rings. The van der Waals surface area contributed by atoms with E-state index in [9.17, 15) is 10.1 Å². The molecule has 1 heterocycles. The Morgan fingerprint density at radius 3 is 2.70 bits per heavy atom. The molecule has 106 valence electrons. The van der Waals surface area contributed by atoms with Crippen molar-refractivity contribution < 1.29 is 9.34 Å². The number of furan rings is 1. The summed E-state index contributed by atoms with van der Waals surface area (Å²) < 4.78 is 5.78. The lowest BCUT2D eigenvalue weighted by Gasteiger charge is -2.09. The summed E-state index contributed by atoms with van der Waals surface area (Å²) in [6.45, 7) is 2.06. The maximum atomic E-state index is 10.7. The molecule has 5 nitrogen and oxygen atoms in total. The summed E-state index contributed by atoms with van der Waals surface area (Å²) in [5.74, 6) is 1.48. The van der Waals surface area contributed by atoms with E-state index in [2.05, 4.69) is 12.2 Å². The first-order valence-corrected chi connectivity index (χ1v) is 6.66. The molecule has 0 aliphatic heterocycles. The van der Waals surface area contributed by atoms with Crippen LogP contribution in [0.3, 0.4) is 0 Å². The number of nitro benzene ring substituents is 1. The highest BCUT2D eigenvalue weighted by molar-refractivity contribution is 6.32. The molecule has 1 N–H and O–H groups in total. The molecule has 1 aromatic carbocycles. The number of hydrogen-bond donors (Lipinski definition) is 1. The standard InChI is InChI=1S/C14H15ClN2O3/c1-3-11(16-2)14-7-6-13(20-14)9-4-5-12(17(18)19)10(15)8-9/h4-8,11,16H,3H2,1-2H3. The first kappa shape index (κ1) is 14.6. The molecule has 2 rings (SSSR count). The van der Waals surface area contributed by atoms with E-state index in [1.165, 1.54) is 6.07 Å². The highest BCUT2D eigenvalue weighted by atomic mass is 35.5. The lowest BCUT2D eigenvalue weighted by atomic mass is 10.1. The molecule has 0 amide bonds. The molecular weight excluding hydrogens is 280 g/mol. The zero-order valence-corrected chi connectivity index (χ0v) is 12.0. The van der Waals surface area contributed by atoms with Crippen LogP contribution in [0.2, 0.25) is 5.02 Å². The summed E-state index contributed by atoms with van der Waals surface area (Å²) >= 11 is 5.90. The monoisotopic (exact) mass is 294 g/mol. The minimum absolute atomic E-state index is 0.103. The predicted octanol–water partition coefficient (Wildman–Crippen LogP) is 4.18. The average molecular weight is 295 g/mol. The Kier molecular flexibility index (Phi) is 4.42. The van der Waals surface area contributed by atoms with Gasteiger partial charge in [-0.25, -0.2) is 0 Å². The molecular formula is C14H15ClN2O3. The first-order valence-electron chi connectivity index (χ1n) is 6.28. The van der Waals surface area contributed by atoms with Gasteiger partial charge in [-0.2, -0.15) is 0 Å². The second-order valence-corrected chi connectivity index (χ2v) is 4.78. The number of nitrogens with zero attached hydrogens (tertiary/aromatic N) is 1. The number of benzene rings is 1. The second-order valence-electron chi connectivity index (χ2n) is 4.37. The van der Waals surface area contributed by atoms with E-state index < -0.39 is 4.92 Å². The van der Waals surface area contributed by atoms with E-state index in [4.69, 9.17) is 16.0 Å². The molecule has 2 aromatic rings. The molecule has 1 atom stereocenters. The van der Waals surface area contributed by atoms with Crippen LogP contribution in [0.1, 0.15) is 25.1 Å². The van der Waals surface area contributed by atoms with Gasteiger partial charge in [0.1, 0.15) is 16.5 Å². The predicted molar refractivity (Wildman–Crippen MR) is 77.9 cm³/mol. The molecule has 6 heteroatoms. The number of rotatable bonds is 5. The van der Waals surface area contributed by atoms with Crippen molar-refractivity contribution in [1.29, 1.82) is 0 Å². The Morgan fingerprint density at radius 1 is 1.40 bits per heavy atom. The van der Waals surface area contributed by atoms with Gasteiger partial charge in [0.15, 0.2) is 0 Å². The SMILES string of the molecule is CCC(NC)c1ccc(-c2ccc([N+](=O)[O-])c(Cl)c2)o1. The van der Waals surface area contributed by atoms with Crippen molar-refractivity contribution in [1.82, 2.24) is 5.32 Å². The fraction of sp³-hybridized carbons (Fsp3) is 0.286. The number of nitro groups is 1. The third kappa shape index (κ3) is 2.84. The highest BCUT2D eigenvalue weighted by Gasteiger charge is 2.16. The maximum Gasteiger partial charge on any atom is 0.287 e. The van der Waals surface area contributed by atoms with Gasteiger partial charge in [0.2, 0.25) is 0 Å². The first-order chi connectivity index (χ1) is 9.56. The summed E-state index contributed by atoms with van der Waals surface area (Å²) in [6.07, 6.45) is 0.907. The van der Waals surface area contributed by atoms with Gasteiger partial charge in [-0.05, 0) is 37.7 Å². The van der Waals surface area contributed by atoms with Crippen molar-refractivity contribution in [2.45, 2.75) is 19.4 Å². The van der Waals surface area contributed by atoms with Gasteiger partial charge in [0.25, 0.3) is 5.69 Å². The fourth-order valence-electron chi connectivity index (χ4n) is 2.05. The summed E-state index contributed by atoms with van der Waals surface area (Å²) in [4.78, 5) is 10.2. The van der Waals surface area contributed by atoms with E-state index in [0.717, 1.165) is 17.7 Å². The van der Waals surface area contributed by atoms with Gasteiger partial charge in [-0.1, -0.05) is 18.5 Å². The molecule has 1 unspecified atom stereocenters. The van der Waals surface area contributed by atoms with E-state index in [-0.39, 0.29) is 16.8 Å². The number of hydrogen-bond acceptors (Lipinski definition) is 4. The Morgan fingerprint density at radius 2 is 2.15 bits per heavy atom. The number of halogens is 1. The topological polar surface area (TPSA) is 68.3 Å². The smallest absolute Gasteiger partial charge is 0.287 e. The zero-order chi connectivity index (χ0) is 14.7. The van der Waals surface area contributed by atoms with Crippen LogP contribution in [0.4, 0.5) is 5.69 Å². The van der Waals surface area contributed by atoms with E-state index >= 15 is 0 Å². The van der Waals surface area contributed by atoms with Gasteiger partial charge in [0.05, 0.1) is 11.0 Å². The van der Waals surface area contributed by atoms with Gasteiger partial charge in [0, 0.05) is 11.6 Å². The van der Waals surface area contributed by atoms with Gasteiger partial charge >= 0.3 is 0 Å². The molecule has 0 fully saturated rings. The van der Waals surface area contributed by atoms with Crippen LogP contribution in [0, 0.1) is 10.1 Å². The molecule has 0 saturated heterocycles. The molecule has 0 bridgehead atoms. The van der Waals surface area contributed by atoms with Crippen LogP contribution in [0.15, 0.2) is 34.7 Å². The quantitative estimate of drug-likeness (QED) is 0.663. The van der Waals surface area contributed by atoms with Gasteiger partial charge < -0.3 is 9.73 Å². The zero-order valence-electron chi connectivity index (χ0n) is 11.2. The lowest BCUT2D eigenvalue weighted by Crippen LogP contribution is -2.14. The minimum Gasteiger partial charge on any atom is -0.459 e.